The highest BCUT2D eigenvalue weighted by atomic mass is 16.1. The Bertz CT molecular complexity index is 514. The molecule has 0 saturated heterocycles. The fourth-order valence-corrected chi connectivity index (χ4v) is 1.77. The molecule has 18 heavy (non-hydrogen) atoms. The van der Waals surface area contributed by atoms with Gasteiger partial charge in [-0.3, -0.25) is 4.79 Å². The van der Waals surface area contributed by atoms with Gasteiger partial charge in [-0.1, -0.05) is 39.3 Å². The van der Waals surface area contributed by atoms with Gasteiger partial charge in [0.2, 0.25) is 0 Å². The molecular formula is C15H22N2O. The van der Waals surface area contributed by atoms with Crippen LogP contribution in [0.1, 0.15) is 51.2 Å². The fraction of sp³-hybridized carbons (Fsp3) is 0.467. The summed E-state index contributed by atoms with van der Waals surface area (Å²) in [5.41, 5.74) is 1.94. The first-order chi connectivity index (χ1) is 8.69. The molecule has 2 aromatic rings. The van der Waals surface area contributed by atoms with Crippen molar-refractivity contribution in [3.8, 4) is 0 Å². The van der Waals surface area contributed by atoms with Gasteiger partial charge in [0.15, 0.2) is 11.6 Å². The Labute approximate surface area is 109 Å². The van der Waals surface area contributed by atoms with E-state index in [9.17, 15) is 4.79 Å². The smallest absolute Gasteiger partial charge is 0.198 e. The summed E-state index contributed by atoms with van der Waals surface area (Å²) in [7, 11) is 0. The van der Waals surface area contributed by atoms with Crippen LogP contribution in [0.2, 0.25) is 0 Å². The lowest BCUT2D eigenvalue weighted by molar-refractivity contribution is 0.0974. The molecule has 1 aromatic carbocycles. The number of hydrogen-bond acceptors (Lipinski definition) is 2. The van der Waals surface area contributed by atoms with Crippen LogP contribution in [-0.2, 0) is 6.54 Å². The Morgan fingerprint density at radius 2 is 1.78 bits per heavy atom. The van der Waals surface area contributed by atoms with Crippen molar-refractivity contribution in [1.82, 2.24) is 9.55 Å². The van der Waals surface area contributed by atoms with Gasteiger partial charge in [-0.05, 0) is 19.1 Å². The number of rotatable bonds is 3. The van der Waals surface area contributed by atoms with Crippen LogP contribution in [0.15, 0.2) is 24.3 Å². The highest BCUT2D eigenvalue weighted by molar-refractivity contribution is 5.96. The standard InChI is InChI=1S/C12H14N2O.C3H8/c1-3-11(15)12-13-9-7-5-6-8-10(9)14(12)4-2;1-3-2/h5-8H,3-4H2,1-2H3;3H2,1-2H3. The van der Waals surface area contributed by atoms with Gasteiger partial charge < -0.3 is 4.57 Å². The summed E-state index contributed by atoms with van der Waals surface area (Å²) in [5, 5.41) is 0. The van der Waals surface area contributed by atoms with Gasteiger partial charge in [0.1, 0.15) is 0 Å². The minimum absolute atomic E-state index is 0.105. The third-order valence-corrected chi connectivity index (χ3v) is 2.54. The second kappa shape index (κ2) is 6.94. The van der Waals surface area contributed by atoms with Crippen LogP contribution in [0, 0.1) is 0 Å². The SMILES string of the molecule is CCC.CCC(=O)c1nc2ccccc2n1CC. The van der Waals surface area contributed by atoms with Gasteiger partial charge >= 0.3 is 0 Å². The van der Waals surface area contributed by atoms with Crippen molar-refractivity contribution in [2.24, 2.45) is 0 Å². The molecule has 3 heteroatoms. The van der Waals surface area contributed by atoms with E-state index < -0.39 is 0 Å². The molecule has 0 radical (unpaired) electrons. The molecule has 0 fully saturated rings. The van der Waals surface area contributed by atoms with Crippen LogP contribution in [0.5, 0.6) is 0 Å². The van der Waals surface area contributed by atoms with Crippen LogP contribution < -0.4 is 0 Å². The van der Waals surface area contributed by atoms with Crippen molar-refractivity contribution in [1.29, 1.82) is 0 Å². The monoisotopic (exact) mass is 246 g/mol. The Kier molecular flexibility index (Phi) is 5.56. The maximum absolute atomic E-state index is 11.7. The molecule has 1 aromatic heterocycles. The molecular weight excluding hydrogens is 224 g/mol. The summed E-state index contributed by atoms with van der Waals surface area (Å²) in [6.45, 7) is 8.92. The van der Waals surface area contributed by atoms with E-state index in [1.807, 2.05) is 42.7 Å². The number of carbonyl (C=O) groups is 1. The lowest BCUT2D eigenvalue weighted by atomic mass is 10.3. The van der Waals surface area contributed by atoms with Gasteiger partial charge in [-0.15, -0.1) is 0 Å². The van der Waals surface area contributed by atoms with E-state index in [4.69, 9.17) is 0 Å². The van der Waals surface area contributed by atoms with Gasteiger partial charge in [0.05, 0.1) is 11.0 Å². The topological polar surface area (TPSA) is 34.9 Å². The molecule has 0 N–H and O–H groups in total. The van der Waals surface area contributed by atoms with Gasteiger partial charge in [0, 0.05) is 13.0 Å². The summed E-state index contributed by atoms with van der Waals surface area (Å²) in [6.07, 6.45) is 1.75. The molecule has 98 valence electrons. The van der Waals surface area contributed by atoms with Crippen molar-refractivity contribution in [2.75, 3.05) is 0 Å². The Hall–Kier alpha value is -1.64. The Balaban J connectivity index is 0.000000492. The number of Topliss-reactive ketones (excluding diaryl/α,β-unsaturated/α-hetero) is 1. The molecule has 0 aliphatic rings. The lowest BCUT2D eigenvalue weighted by Gasteiger charge is -2.03. The Morgan fingerprint density at radius 1 is 1.17 bits per heavy atom. The van der Waals surface area contributed by atoms with Gasteiger partial charge in [0.25, 0.3) is 0 Å². The molecule has 0 atom stereocenters. The third-order valence-electron chi connectivity index (χ3n) is 2.54. The fourth-order valence-electron chi connectivity index (χ4n) is 1.77. The largest absolute Gasteiger partial charge is 0.322 e. The van der Waals surface area contributed by atoms with Crippen molar-refractivity contribution < 1.29 is 4.79 Å². The number of para-hydroxylation sites is 2. The van der Waals surface area contributed by atoms with E-state index in [2.05, 4.69) is 18.8 Å². The number of carbonyl (C=O) groups excluding carboxylic acids is 1. The summed E-state index contributed by atoms with van der Waals surface area (Å²) < 4.78 is 1.97. The molecule has 0 saturated carbocycles. The lowest BCUT2D eigenvalue weighted by Crippen LogP contribution is -2.08. The zero-order valence-electron chi connectivity index (χ0n) is 11.7. The number of fused-ring (bicyclic) bond motifs is 1. The number of aryl methyl sites for hydroxylation is 1. The maximum atomic E-state index is 11.7. The van der Waals surface area contributed by atoms with Crippen molar-refractivity contribution in [2.45, 2.75) is 47.1 Å². The summed E-state index contributed by atoms with van der Waals surface area (Å²) in [4.78, 5) is 16.0. The first-order valence-electron chi connectivity index (χ1n) is 6.67. The van der Waals surface area contributed by atoms with Crippen LogP contribution in [-0.4, -0.2) is 15.3 Å². The number of hydrogen-bond donors (Lipinski definition) is 0. The van der Waals surface area contributed by atoms with Crippen LogP contribution >= 0.6 is 0 Å². The molecule has 3 nitrogen and oxygen atoms in total. The first kappa shape index (κ1) is 14.4. The zero-order valence-corrected chi connectivity index (χ0v) is 11.7. The molecule has 1 heterocycles. The van der Waals surface area contributed by atoms with Crippen LogP contribution in [0.25, 0.3) is 11.0 Å². The molecule has 0 bridgehead atoms. The van der Waals surface area contributed by atoms with E-state index in [-0.39, 0.29) is 5.78 Å². The maximum Gasteiger partial charge on any atom is 0.198 e. The number of imidazole rings is 1. The summed E-state index contributed by atoms with van der Waals surface area (Å²) in [6, 6.07) is 7.85. The van der Waals surface area contributed by atoms with Crippen LogP contribution in [0.4, 0.5) is 0 Å². The first-order valence-corrected chi connectivity index (χ1v) is 6.67. The number of nitrogens with zero attached hydrogens (tertiary/aromatic N) is 2. The van der Waals surface area contributed by atoms with Crippen LogP contribution in [0.3, 0.4) is 0 Å². The highest BCUT2D eigenvalue weighted by Gasteiger charge is 2.14. The number of benzene rings is 1. The molecule has 0 aliphatic carbocycles. The second-order valence-corrected chi connectivity index (χ2v) is 4.15. The summed E-state index contributed by atoms with van der Waals surface area (Å²) in [5.74, 6) is 0.689. The van der Waals surface area contributed by atoms with Gasteiger partial charge in [-0.2, -0.15) is 0 Å². The normalized spacial score (nSPS) is 10.0. The molecule has 0 amide bonds. The average molecular weight is 246 g/mol. The van der Waals surface area contributed by atoms with E-state index in [1.165, 1.54) is 6.42 Å². The van der Waals surface area contributed by atoms with E-state index in [0.717, 1.165) is 17.6 Å². The minimum atomic E-state index is 0.105. The van der Waals surface area contributed by atoms with Crippen molar-refractivity contribution in [3.05, 3.63) is 30.1 Å². The minimum Gasteiger partial charge on any atom is -0.322 e. The Morgan fingerprint density at radius 3 is 2.33 bits per heavy atom. The summed E-state index contributed by atoms with van der Waals surface area (Å²) >= 11 is 0. The molecule has 0 spiro atoms. The molecule has 0 aliphatic heterocycles. The third kappa shape index (κ3) is 2.97. The van der Waals surface area contributed by atoms with E-state index in [0.29, 0.717) is 12.2 Å². The van der Waals surface area contributed by atoms with E-state index in [1.54, 1.807) is 0 Å². The predicted octanol–water partition coefficient (Wildman–Crippen LogP) is 4.07. The average Bonchev–Trinajstić information content (AvgIpc) is 2.77. The quantitative estimate of drug-likeness (QED) is 0.765. The number of ketones is 1. The van der Waals surface area contributed by atoms with Crippen molar-refractivity contribution in [3.63, 3.8) is 0 Å². The molecule has 2 rings (SSSR count). The zero-order chi connectivity index (χ0) is 13.5. The van der Waals surface area contributed by atoms with Crippen molar-refractivity contribution >= 4 is 16.8 Å². The van der Waals surface area contributed by atoms with Gasteiger partial charge in [-0.25, -0.2) is 4.98 Å². The van der Waals surface area contributed by atoms with E-state index >= 15 is 0 Å². The number of aromatic nitrogens is 2. The molecule has 0 unspecified atom stereocenters. The predicted molar refractivity (Wildman–Crippen MR) is 76.0 cm³/mol. The highest BCUT2D eigenvalue weighted by Crippen LogP contribution is 2.16. The second-order valence-electron chi connectivity index (χ2n) is 4.15.